The summed E-state index contributed by atoms with van der Waals surface area (Å²) in [4.78, 5) is 0. The van der Waals surface area contributed by atoms with Crippen LogP contribution < -0.4 is 0 Å². The standard InChI is InChI=1S/C2H4O3P2/c1-2(3,6-4)7-5/h3H,1H3. The summed E-state index contributed by atoms with van der Waals surface area (Å²) in [5.74, 6) is 0. The van der Waals surface area contributed by atoms with Crippen LogP contribution in [0.3, 0.4) is 0 Å². The molecule has 0 amide bonds. The molecule has 0 aromatic carbocycles. The van der Waals surface area contributed by atoms with Crippen molar-refractivity contribution in [2.45, 2.75) is 12.0 Å². The fourth-order valence-electron chi connectivity index (χ4n) is 0.0167. The first kappa shape index (κ1) is 7.16. The highest BCUT2D eigenvalue weighted by Crippen LogP contribution is 2.29. The lowest BCUT2D eigenvalue weighted by molar-refractivity contribution is 0.235. The van der Waals surface area contributed by atoms with Crippen LogP contribution in [0, 0.1) is 0 Å². The van der Waals surface area contributed by atoms with Crippen LogP contribution in [0.25, 0.3) is 0 Å². The summed E-state index contributed by atoms with van der Waals surface area (Å²) in [6.07, 6.45) is 0. The molecule has 0 aliphatic heterocycles. The maximum absolute atomic E-state index is 9.70. The molecular weight excluding hydrogens is 134 g/mol. The van der Waals surface area contributed by atoms with E-state index in [9.17, 15) is 9.13 Å². The van der Waals surface area contributed by atoms with Crippen molar-refractivity contribution in [1.29, 1.82) is 0 Å². The van der Waals surface area contributed by atoms with Crippen molar-refractivity contribution in [2.75, 3.05) is 0 Å². The van der Waals surface area contributed by atoms with Crippen LogP contribution in [0.2, 0.25) is 0 Å². The molecule has 0 spiro atoms. The number of hydrogen-bond acceptors (Lipinski definition) is 3. The van der Waals surface area contributed by atoms with Gasteiger partial charge in [-0.3, -0.25) is 9.13 Å². The van der Waals surface area contributed by atoms with Gasteiger partial charge in [0.15, 0.2) is 0 Å². The molecule has 7 heavy (non-hydrogen) atoms. The molecule has 5 heteroatoms. The van der Waals surface area contributed by atoms with E-state index in [1.165, 1.54) is 6.92 Å². The first-order chi connectivity index (χ1) is 3.12. The molecule has 40 valence electrons. The van der Waals surface area contributed by atoms with Gasteiger partial charge in [-0.1, -0.05) is 0 Å². The molecule has 0 aromatic rings. The molecular formula is C2H4O3P2. The van der Waals surface area contributed by atoms with E-state index in [4.69, 9.17) is 5.11 Å². The van der Waals surface area contributed by atoms with Crippen LogP contribution in [-0.2, 0) is 9.13 Å². The van der Waals surface area contributed by atoms with Crippen molar-refractivity contribution in [3.63, 3.8) is 0 Å². The zero-order valence-corrected chi connectivity index (χ0v) is 5.45. The van der Waals surface area contributed by atoms with Gasteiger partial charge < -0.3 is 5.11 Å². The Morgan fingerprint density at radius 2 is 1.71 bits per heavy atom. The molecule has 0 aliphatic carbocycles. The number of rotatable bonds is 2. The SMILES string of the molecule is CC(O)(P=O)P=O. The molecule has 0 unspecified atom stereocenters. The van der Waals surface area contributed by atoms with Crippen molar-refractivity contribution in [3.8, 4) is 0 Å². The Bertz CT molecular complexity index is 78.9. The molecule has 0 aromatic heterocycles. The molecule has 0 heterocycles. The van der Waals surface area contributed by atoms with Crippen LogP contribution in [0.5, 0.6) is 0 Å². The van der Waals surface area contributed by atoms with Gasteiger partial charge in [0.05, 0.1) is 0 Å². The zero-order chi connectivity index (χ0) is 5.91. The van der Waals surface area contributed by atoms with Gasteiger partial charge in [0.25, 0.3) is 0 Å². The Kier molecular flexibility index (Phi) is 2.52. The highest BCUT2D eigenvalue weighted by molar-refractivity contribution is 7.45. The third-order valence-corrected chi connectivity index (χ3v) is 1.53. The maximum Gasteiger partial charge on any atom is 0.222 e. The number of hydrogen-bond donors (Lipinski definition) is 1. The summed E-state index contributed by atoms with van der Waals surface area (Å²) in [5.41, 5.74) is 0. The fraction of sp³-hybridized carbons (Fsp3) is 1.00. The molecule has 0 saturated carbocycles. The molecule has 3 nitrogen and oxygen atoms in total. The van der Waals surface area contributed by atoms with Gasteiger partial charge in [-0.15, -0.1) is 0 Å². The molecule has 0 rings (SSSR count). The largest absolute Gasteiger partial charge is 0.368 e. The second kappa shape index (κ2) is 2.46. The van der Waals surface area contributed by atoms with Gasteiger partial charge >= 0.3 is 0 Å². The molecule has 1 N–H and O–H groups in total. The lowest BCUT2D eigenvalue weighted by Crippen LogP contribution is -2.01. The Morgan fingerprint density at radius 1 is 1.43 bits per heavy atom. The smallest absolute Gasteiger partial charge is 0.222 e. The summed E-state index contributed by atoms with van der Waals surface area (Å²) in [5, 5.41) is 6.90. The average Bonchev–Trinajstić information content (AvgIpc) is 1.68. The van der Waals surface area contributed by atoms with Gasteiger partial charge in [-0.25, -0.2) is 0 Å². The fourth-order valence-corrected chi connectivity index (χ4v) is 0.150. The highest BCUT2D eigenvalue weighted by atomic mass is 31.1. The average molecular weight is 138 g/mol. The summed E-state index contributed by atoms with van der Waals surface area (Å²) in [7, 11) is -1.03. The monoisotopic (exact) mass is 138 g/mol. The molecule has 0 bridgehead atoms. The predicted octanol–water partition coefficient (Wildman–Crippen LogP) is 1.24. The van der Waals surface area contributed by atoms with E-state index < -0.39 is 22.0 Å². The lowest BCUT2D eigenvalue weighted by atomic mass is 10.9. The van der Waals surface area contributed by atoms with E-state index in [1.807, 2.05) is 0 Å². The molecule has 0 fully saturated rings. The first-order valence-corrected chi connectivity index (χ1v) is 3.16. The van der Waals surface area contributed by atoms with Crippen LogP contribution in [0.1, 0.15) is 6.92 Å². The molecule has 0 aliphatic rings. The normalized spacial score (nSPS) is 19.7. The van der Waals surface area contributed by atoms with Crippen molar-refractivity contribution >= 4 is 16.9 Å². The van der Waals surface area contributed by atoms with E-state index >= 15 is 0 Å². The minimum atomic E-state index is -1.58. The van der Waals surface area contributed by atoms with E-state index in [0.717, 1.165) is 0 Å². The van der Waals surface area contributed by atoms with Crippen molar-refractivity contribution in [2.24, 2.45) is 0 Å². The van der Waals surface area contributed by atoms with Crippen LogP contribution in [0.15, 0.2) is 0 Å². The molecule has 0 atom stereocenters. The van der Waals surface area contributed by atoms with Gasteiger partial charge in [0.1, 0.15) is 0 Å². The Morgan fingerprint density at radius 3 is 1.71 bits per heavy atom. The van der Waals surface area contributed by atoms with Gasteiger partial charge in [-0.05, 0) is 6.92 Å². The lowest BCUT2D eigenvalue weighted by Gasteiger charge is -1.97. The van der Waals surface area contributed by atoms with E-state index in [0.29, 0.717) is 0 Å². The first-order valence-electron chi connectivity index (χ1n) is 1.54. The summed E-state index contributed by atoms with van der Waals surface area (Å²) < 4.78 is 19.4. The van der Waals surface area contributed by atoms with Crippen molar-refractivity contribution in [1.82, 2.24) is 0 Å². The van der Waals surface area contributed by atoms with Gasteiger partial charge in [0, 0.05) is 0 Å². The molecule has 0 radical (unpaired) electrons. The van der Waals surface area contributed by atoms with E-state index in [2.05, 4.69) is 0 Å². The van der Waals surface area contributed by atoms with E-state index in [1.54, 1.807) is 0 Å². The predicted molar refractivity (Wildman–Crippen MR) is 25.8 cm³/mol. The topological polar surface area (TPSA) is 54.4 Å². The number of aliphatic hydroxyl groups is 1. The Balaban J connectivity index is 3.82. The van der Waals surface area contributed by atoms with Gasteiger partial charge in [-0.2, -0.15) is 0 Å². The summed E-state index contributed by atoms with van der Waals surface area (Å²) in [6, 6.07) is 0. The second-order valence-electron chi connectivity index (χ2n) is 1.15. The second-order valence-corrected chi connectivity index (χ2v) is 3.61. The minimum absolute atomic E-state index is 0.514. The van der Waals surface area contributed by atoms with Crippen LogP contribution in [0.4, 0.5) is 0 Å². The summed E-state index contributed by atoms with van der Waals surface area (Å²) >= 11 is 0. The highest BCUT2D eigenvalue weighted by Gasteiger charge is 2.19. The maximum atomic E-state index is 9.70. The van der Waals surface area contributed by atoms with Crippen molar-refractivity contribution in [3.05, 3.63) is 0 Å². The molecule has 0 saturated heterocycles. The van der Waals surface area contributed by atoms with Crippen LogP contribution in [-0.4, -0.2) is 10.2 Å². The van der Waals surface area contributed by atoms with Crippen LogP contribution >= 0.6 is 16.9 Å². The van der Waals surface area contributed by atoms with E-state index in [-0.39, 0.29) is 0 Å². The van der Waals surface area contributed by atoms with Gasteiger partial charge in [0.2, 0.25) is 22.0 Å². The quantitative estimate of drug-likeness (QED) is 0.584. The van der Waals surface area contributed by atoms with Crippen molar-refractivity contribution < 1.29 is 14.2 Å². The Labute approximate surface area is 44.1 Å². The zero-order valence-electron chi connectivity index (χ0n) is 3.66. The Hall–Kier alpha value is 0.160. The summed E-state index contributed by atoms with van der Waals surface area (Å²) in [6.45, 7) is 1.20. The third-order valence-electron chi connectivity index (χ3n) is 0.346. The minimum Gasteiger partial charge on any atom is -0.368 e. The third kappa shape index (κ3) is 2.81.